The molecule has 1 amide bonds. The first-order chi connectivity index (χ1) is 17.2. The molecule has 1 fully saturated rings. The zero-order chi connectivity index (χ0) is 25.8. The summed E-state index contributed by atoms with van der Waals surface area (Å²) in [4.78, 5) is 13.0. The molecular weight excluding hydrogens is 525 g/mol. The van der Waals surface area contributed by atoms with Crippen LogP contribution in [0.3, 0.4) is 0 Å². The minimum Gasteiger partial charge on any atom is -0.325 e. The summed E-state index contributed by atoms with van der Waals surface area (Å²) in [5, 5.41) is 4.22. The first-order valence-corrected chi connectivity index (χ1v) is 15.2. The number of sulfonamides is 2. The van der Waals surface area contributed by atoms with E-state index in [0.717, 1.165) is 53.5 Å². The number of hydrogen-bond donors (Lipinski definition) is 1. The Labute approximate surface area is 214 Å². The highest BCUT2D eigenvalue weighted by Crippen LogP contribution is 2.27. The summed E-state index contributed by atoms with van der Waals surface area (Å²) in [6.45, 7) is 0.414. The third kappa shape index (κ3) is 5.94. The maximum Gasteiger partial charge on any atom is 0.274 e. The molecule has 1 saturated heterocycles. The normalized spacial score (nSPS) is 15.2. The predicted molar refractivity (Wildman–Crippen MR) is 138 cm³/mol. The lowest BCUT2D eigenvalue weighted by Gasteiger charge is -2.23. The predicted octanol–water partition coefficient (Wildman–Crippen LogP) is 4.29. The Kier molecular flexibility index (Phi) is 8.08. The van der Waals surface area contributed by atoms with Crippen LogP contribution in [0.1, 0.15) is 25.7 Å². The molecule has 12 heteroatoms. The Bertz CT molecular complexity index is 1380. The number of rotatable bonds is 8. The molecule has 0 unspecified atom stereocenters. The number of hydrogen-bond acceptors (Lipinski definition) is 6. The topological polar surface area (TPSA) is 104 Å². The van der Waals surface area contributed by atoms with Crippen LogP contribution in [0.4, 0.5) is 15.8 Å². The van der Waals surface area contributed by atoms with Crippen LogP contribution in [0.15, 0.2) is 75.1 Å². The summed E-state index contributed by atoms with van der Waals surface area (Å²) in [5.41, 5.74) is 0.459. The molecule has 4 rings (SSSR count). The third-order valence-corrected chi connectivity index (χ3v) is 10.8. The van der Waals surface area contributed by atoms with Gasteiger partial charge in [0.15, 0.2) is 0 Å². The van der Waals surface area contributed by atoms with Gasteiger partial charge in [0.05, 0.1) is 10.6 Å². The minimum absolute atomic E-state index is 0.0442. The highest BCUT2D eigenvalue weighted by atomic mass is 32.2. The van der Waals surface area contributed by atoms with Crippen molar-refractivity contribution in [3.63, 3.8) is 0 Å². The highest BCUT2D eigenvalue weighted by Gasteiger charge is 2.29. The lowest BCUT2D eigenvalue weighted by atomic mass is 10.2. The molecule has 192 valence electrons. The molecule has 0 atom stereocenters. The molecule has 1 aliphatic rings. The smallest absolute Gasteiger partial charge is 0.274 e. The van der Waals surface area contributed by atoms with Crippen LogP contribution < -0.4 is 9.62 Å². The Morgan fingerprint density at radius 2 is 1.56 bits per heavy atom. The second-order valence-corrected chi connectivity index (χ2v) is 13.3. The Hall–Kier alpha value is -2.80. The maximum absolute atomic E-state index is 13.4. The van der Waals surface area contributed by atoms with E-state index in [9.17, 15) is 26.0 Å². The Balaban J connectivity index is 1.51. The molecule has 0 spiro atoms. The van der Waals surface area contributed by atoms with Crippen LogP contribution in [0.25, 0.3) is 0 Å². The van der Waals surface area contributed by atoms with Crippen LogP contribution >= 0.6 is 11.3 Å². The van der Waals surface area contributed by atoms with E-state index in [-0.39, 0.29) is 14.8 Å². The van der Waals surface area contributed by atoms with Crippen molar-refractivity contribution in [2.45, 2.75) is 34.8 Å². The minimum atomic E-state index is -4.07. The molecule has 36 heavy (non-hydrogen) atoms. The quantitative estimate of drug-likeness (QED) is 0.450. The van der Waals surface area contributed by atoms with Crippen molar-refractivity contribution in [1.82, 2.24) is 4.31 Å². The molecule has 0 radical (unpaired) electrons. The second-order valence-electron chi connectivity index (χ2n) is 8.31. The number of benzene rings is 2. The fraction of sp³-hybridized carbons (Fsp3) is 0.292. The number of thiophene rings is 1. The van der Waals surface area contributed by atoms with E-state index in [0.29, 0.717) is 18.8 Å². The van der Waals surface area contributed by atoms with Gasteiger partial charge in [-0.15, -0.1) is 11.3 Å². The van der Waals surface area contributed by atoms with Gasteiger partial charge in [-0.2, -0.15) is 4.31 Å². The first-order valence-electron chi connectivity index (χ1n) is 11.4. The van der Waals surface area contributed by atoms with Crippen molar-refractivity contribution >= 4 is 48.7 Å². The number of amides is 1. The van der Waals surface area contributed by atoms with Crippen LogP contribution in [0.5, 0.6) is 0 Å². The van der Waals surface area contributed by atoms with Gasteiger partial charge in [-0.3, -0.25) is 9.10 Å². The Morgan fingerprint density at radius 1 is 0.917 bits per heavy atom. The number of anilines is 2. The number of nitrogens with zero attached hydrogens (tertiary/aromatic N) is 2. The fourth-order valence-electron chi connectivity index (χ4n) is 3.91. The van der Waals surface area contributed by atoms with Crippen molar-refractivity contribution in [1.29, 1.82) is 0 Å². The zero-order valence-corrected chi connectivity index (χ0v) is 21.8. The molecule has 0 bridgehead atoms. The summed E-state index contributed by atoms with van der Waals surface area (Å²) in [5.74, 6) is -1.17. The van der Waals surface area contributed by atoms with Gasteiger partial charge in [0, 0.05) is 18.8 Å². The molecule has 1 N–H and O–H groups in total. The average Bonchev–Trinajstić information content (AvgIpc) is 3.27. The largest absolute Gasteiger partial charge is 0.325 e. The number of halogens is 1. The van der Waals surface area contributed by atoms with Crippen LogP contribution in [0, 0.1) is 5.82 Å². The van der Waals surface area contributed by atoms with Crippen molar-refractivity contribution in [2.24, 2.45) is 0 Å². The van der Waals surface area contributed by atoms with Crippen molar-refractivity contribution in [3.8, 4) is 0 Å². The number of carbonyl (C=O) groups is 1. The van der Waals surface area contributed by atoms with Crippen molar-refractivity contribution in [3.05, 3.63) is 71.9 Å². The van der Waals surface area contributed by atoms with Gasteiger partial charge < -0.3 is 5.32 Å². The molecule has 1 aromatic heterocycles. The van der Waals surface area contributed by atoms with E-state index in [1.165, 1.54) is 46.8 Å². The lowest BCUT2D eigenvalue weighted by molar-refractivity contribution is -0.114. The molecular formula is C24H26FN3O5S3. The average molecular weight is 552 g/mol. The van der Waals surface area contributed by atoms with Gasteiger partial charge in [-0.25, -0.2) is 21.2 Å². The van der Waals surface area contributed by atoms with E-state index < -0.39 is 38.3 Å². The lowest BCUT2D eigenvalue weighted by Crippen LogP contribution is -2.37. The standard InChI is InChI=1S/C24H26FN3O5S3/c25-19-7-11-21(12-8-19)28(36(32,33)24-6-5-17-34-24)18-23(29)26-20-9-13-22(14-10-20)35(30,31)27-15-3-1-2-4-16-27/h5-14,17H,1-4,15-16,18H2,(H,26,29). The molecule has 0 aliphatic carbocycles. The molecule has 3 aromatic rings. The highest BCUT2D eigenvalue weighted by molar-refractivity contribution is 7.94. The molecule has 0 saturated carbocycles. The van der Waals surface area contributed by atoms with Crippen LogP contribution in [-0.4, -0.2) is 46.7 Å². The molecule has 1 aliphatic heterocycles. The summed E-state index contributed by atoms with van der Waals surface area (Å²) >= 11 is 1.01. The SMILES string of the molecule is O=C(CN(c1ccc(F)cc1)S(=O)(=O)c1cccs1)Nc1ccc(S(=O)(=O)N2CCCCCC2)cc1. The Morgan fingerprint density at radius 3 is 2.14 bits per heavy atom. The van der Waals surface area contributed by atoms with Gasteiger partial charge in [-0.05, 0) is 72.8 Å². The van der Waals surface area contributed by atoms with E-state index in [2.05, 4.69) is 5.32 Å². The van der Waals surface area contributed by atoms with Crippen LogP contribution in [-0.2, 0) is 24.8 Å². The van der Waals surface area contributed by atoms with Gasteiger partial charge in [0.25, 0.3) is 10.0 Å². The number of nitrogens with one attached hydrogen (secondary N) is 1. The zero-order valence-electron chi connectivity index (χ0n) is 19.3. The van der Waals surface area contributed by atoms with Gasteiger partial charge in [0.1, 0.15) is 16.6 Å². The van der Waals surface area contributed by atoms with Crippen LogP contribution in [0.2, 0.25) is 0 Å². The number of carbonyl (C=O) groups excluding carboxylic acids is 1. The first kappa shape index (κ1) is 26.3. The monoisotopic (exact) mass is 551 g/mol. The molecule has 8 nitrogen and oxygen atoms in total. The van der Waals surface area contributed by atoms with Gasteiger partial charge in [-0.1, -0.05) is 18.9 Å². The fourth-order valence-corrected chi connectivity index (χ4v) is 7.96. The summed E-state index contributed by atoms with van der Waals surface area (Å²) in [6, 6.07) is 13.6. The molecule has 2 heterocycles. The van der Waals surface area contributed by atoms with Gasteiger partial charge >= 0.3 is 0 Å². The van der Waals surface area contributed by atoms with Crippen molar-refractivity contribution < 1.29 is 26.0 Å². The third-order valence-electron chi connectivity index (χ3n) is 5.78. The summed E-state index contributed by atoms with van der Waals surface area (Å²) in [7, 11) is -7.70. The van der Waals surface area contributed by atoms with E-state index in [1.807, 2.05) is 0 Å². The van der Waals surface area contributed by atoms with E-state index in [4.69, 9.17) is 0 Å². The van der Waals surface area contributed by atoms with Gasteiger partial charge in [0.2, 0.25) is 15.9 Å². The summed E-state index contributed by atoms with van der Waals surface area (Å²) in [6.07, 6.45) is 3.67. The molecule has 2 aromatic carbocycles. The second kappa shape index (κ2) is 11.1. The van der Waals surface area contributed by atoms with E-state index in [1.54, 1.807) is 11.4 Å². The summed E-state index contributed by atoms with van der Waals surface area (Å²) < 4.78 is 68.2. The van der Waals surface area contributed by atoms with E-state index >= 15 is 0 Å². The van der Waals surface area contributed by atoms with Crippen molar-refractivity contribution in [2.75, 3.05) is 29.3 Å². The maximum atomic E-state index is 13.4.